The highest BCUT2D eigenvalue weighted by atomic mass is 16.5. The molecule has 5 heteroatoms. The van der Waals surface area contributed by atoms with Crippen LogP contribution in [-0.4, -0.2) is 13.0 Å². The first-order valence-corrected chi connectivity index (χ1v) is 7.48. The molecule has 0 aliphatic carbocycles. The van der Waals surface area contributed by atoms with Gasteiger partial charge in [-0.25, -0.2) is 4.79 Å². The number of carbonyl (C=O) groups excluding carboxylic acids is 1. The van der Waals surface area contributed by atoms with Crippen molar-refractivity contribution in [3.05, 3.63) is 69.6 Å². The minimum atomic E-state index is -0.582. The van der Waals surface area contributed by atoms with Crippen LogP contribution in [0.4, 0.5) is 5.69 Å². The van der Waals surface area contributed by atoms with Crippen molar-refractivity contribution in [3.63, 3.8) is 0 Å². The van der Waals surface area contributed by atoms with Gasteiger partial charge < -0.3 is 14.5 Å². The van der Waals surface area contributed by atoms with Crippen molar-refractivity contribution in [1.29, 1.82) is 0 Å². The van der Waals surface area contributed by atoms with Crippen molar-refractivity contribution in [2.75, 3.05) is 12.4 Å². The van der Waals surface area contributed by atoms with Crippen LogP contribution in [0.5, 0.6) is 5.75 Å². The number of ether oxygens (including phenoxy) is 1. The first-order valence-electron chi connectivity index (χ1n) is 7.48. The summed E-state index contributed by atoms with van der Waals surface area (Å²) in [6.45, 7) is 3.87. The van der Waals surface area contributed by atoms with Gasteiger partial charge in [-0.3, -0.25) is 4.79 Å². The standard InChI is InChI=1S/C19H17NO4/c1-11-4-5-12(2)16(8-11)20-19(22)15-10-18(21)24-17-9-13(23-3)6-7-14(15)17/h4-10H,1-3H3,(H,20,22). The van der Waals surface area contributed by atoms with E-state index in [1.54, 1.807) is 18.2 Å². The Balaban J connectivity index is 2.06. The molecule has 0 aliphatic heterocycles. The molecule has 0 unspecified atom stereocenters. The van der Waals surface area contributed by atoms with Crippen LogP contribution in [0.25, 0.3) is 11.0 Å². The Morgan fingerprint density at radius 1 is 1.08 bits per heavy atom. The number of fused-ring (bicyclic) bond motifs is 1. The van der Waals surface area contributed by atoms with Crippen molar-refractivity contribution < 1.29 is 13.9 Å². The second kappa shape index (κ2) is 6.20. The first-order chi connectivity index (χ1) is 11.5. The predicted octanol–water partition coefficient (Wildman–Crippen LogP) is 3.67. The highest BCUT2D eigenvalue weighted by Gasteiger charge is 2.15. The quantitative estimate of drug-likeness (QED) is 0.747. The number of hydrogen-bond donors (Lipinski definition) is 1. The van der Waals surface area contributed by atoms with Gasteiger partial charge in [0.25, 0.3) is 5.91 Å². The Morgan fingerprint density at radius 3 is 2.62 bits per heavy atom. The van der Waals surface area contributed by atoms with Crippen LogP contribution in [-0.2, 0) is 0 Å². The Hall–Kier alpha value is -3.08. The summed E-state index contributed by atoms with van der Waals surface area (Å²) in [7, 11) is 1.52. The molecule has 2 aromatic carbocycles. The molecule has 1 N–H and O–H groups in total. The van der Waals surface area contributed by atoms with Crippen molar-refractivity contribution in [2.24, 2.45) is 0 Å². The number of anilines is 1. The van der Waals surface area contributed by atoms with E-state index < -0.39 is 5.63 Å². The molecule has 0 radical (unpaired) electrons. The number of rotatable bonds is 3. The van der Waals surface area contributed by atoms with Gasteiger partial charge in [0.2, 0.25) is 0 Å². The normalized spacial score (nSPS) is 10.6. The second-order valence-corrected chi connectivity index (χ2v) is 5.61. The Morgan fingerprint density at radius 2 is 1.88 bits per heavy atom. The molecule has 24 heavy (non-hydrogen) atoms. The Labute approximate surface area is 138 Å². The van der Waals surface area contributed by atoms with Gasteiger partial charge >= 0.3 is 5.63 Å². The van der Waals surface area contributed by atoms with Gasteiger partial charge in [-0.1, -0.05) is 12.1 Å². The molecule has 0 saturated carbocycles. The zero-order valence-electron chi connectivity index (χ0n) is 13.7. The van der Waals surface area contributed by atoms with E-state index in [-0.39, 0.29) is 11.5 Å². The van der Waals surface area contributed by atoms with Gasteiger partial charge in [0.1, 0.15) is 11.3 Å². The number of hydrogen-bond acceptors (Lipinski definition) is 4. The molecule has 5 nitrogen and oxygen atoms in total. The van der Waals surface area contributed by atoms with Crippen molar-refractivity contribution in [3.8, 4) is 5.75 Å². The lowest BCUT2D eigenvalue weighted by atomic mass is 10.1. The summed E-state index contributed by atoms with van der Waals surface area (Å²) in [4.78, 5) is 24.5. The predicted molar refractivity (Wildman–Crippen MR) is 92.9 cm³/mol. The van der Waals surface area contributed by atoms with Gasteiger partial charge in [0.15, 0.2) is 0 Å². The van der Waals surface area contributed by atoms with Crippen LogP contribution < -0.4 is 15.7 Å². The topological polar surface area (TPSA) is 68.5 Å². The average Bonchev–Trinajstić information content (AvgIpc) is 2.56. The monoisotopic (exact) mass is 323 g/mol. The zero-order valence-corrected chi connectivity index (χ0v) is 13.7. The van der Waals surface area contributed by atoms with E-state index in [0.29, 0.717) is 16.7 Å². The van der Waals surface area contributed by atoms with E-state index in [9.17, 15) is 9.59 Å². The van der Waals surface area contributed by atoms with Crippen molar-refractivity contribution in [1.82, 2.24) is 0 Å². The summed E-state index contributed by atoms with van der Waals surface area (Å²) in [6, 6.07) is 12.0. The molecule has 0 bridgehead atoms. The van der Waals surface area contributed by atoms with E-state index in [4.69, 9.17) is 9.15 Å². The molecule has 1 amide bonds. The number of amides is 1. The second-order valence-electron chi connectivity index (χ2n) is 5.61. The molecule has 122 valence electrons. The lowest BCUT2D eigenvalue weighted by molar-refractivity contribution is 0.102. The van der Waals surface area contributed by atoms with Crippen LogP contribution in [0, 0.1) is 13.8 Å². The maximum Gasteiger partial charge on any atom is 0.337 e. The molecule has 0 saturated heterocycles. The highest BCUT2D eigenvalue weighted by molar-refractivity contribution is 6.12. The summed E-state index contributed by atoms with van der Waals surface area (Å²) in [5, 5.41) is 3.42. The molecule has 1 aromatic heterocycles. The lowest BCUT2D eigenvalue weighted by Gasteiger charge is -2.11. The maximum atomic E-state index is 12.7. The van der Waals surface area contributed by atoms with Crippen LogP contribution >= 0.6 is 0 Å². The third-order valence-corrected chi connectivity index (χ3v) is 3.84. The lowest BCUT2D eigenvalue weighted by Crippen LogP contribution is -2.16. The fourth-order valence-corrected chi connectivity index (χ4v) is 2.52. The van der Waals surface area contributed by atoms with Crippen molar-refractivity contribution >= 4 is 22.6 Å². The molecule has 0 aliphatic rings. The SMILES string of the molecule is COc1ccc2c(C(=O)Nc3cc(C)ccc3C)cc(=O)oc2c1. The van der Waals surface area contributed by atoms with E-state index >= 15 is 0 Å². The van der Waals surface area contributed by atoms with Crippen LogP contribution in [0.1, 0.15) is 21.5 Å². The summed E-state index contributed by atoms with van der Waals surface area (Å²) in [5.74, 6) is 0.199. The number of carbonyl (C=O) groups is 1. The smallest absolute Gasteiger partial charge is 0.337 e. The third kappa shape index (κ3) is 3.01. The number of aryl methyl sites for hydroxylation is 2. The summed E-state index contributed by atoms with van der Waals surface area (Å²) in [5.41, 5.74) is 2.70. The molecule has 0 fully saturated rings. The zero-order chi connectivity index (χ0) is 17.3. The minimum absolute atomic E-state index is 0.268. The molecule has 0 atom stereocenters. The average molecular weight is 323 g/mol. The molecule has 0 spiro atoms. The fourth-order valence-electron chi connectivity index (χ4n) is 2.52. The van der Waals surface area contributed by atoms with Gasteiger partial charge in [-0.05, 0) is 43.2 Å². The number of nitrogens with one attached hydrogen (secondary N) is 1. The van der Waals surface area contributed by atoms with E-state index in [1.165, 1.54) is 13.2 Å². The number of benzene rings is 2. The fraction of sp³-hybridized carbons (Fsp3) is 0.158. The Kier molecular flexibility index (Phi) is 4.08. The van der Waals surface area contributed by atoms with Gasteiger partial charge in [0.05, 0.1) is 12.7 Å². The first kappa shape index (κ1) is 15.8. The van der Waals surface area contributed by atoms with Crippen molar-refractivity contribution in [2.45, 2.75) is 13.8 Å². The van der Waals surface area contributed by atoms with Gasteiger partial charge in [-0.2, -0.15) is 0 Å². The van der Waals surface area contributed by atoms with Gasteiger partial charge in [-0.15, -0.1) is 0 Å². The van der Waals surface area contributed by atoms with Crippen LogP contribution in [0.15, 0.2) is 51.7 Å². The van der Waals surface area contributed by atoms with E-state index in [1.807, 2.05) is 32.0 Å². The summed E-state index contributed by atoms with van der Waals surface area (Å²) in [6.07, 6.45) is 0. The van der Waals surface area contributed by atoms with E-state index in [0.717, 1.165) is 16.8 Å². The molecular weight excluding hydrogens is 306 g/mol. The van der Waals surface area contributed by atoms with Crippen LogP contribution in [0.2, 0.25) is 0 Å². The highest BCUT2D eigenvalue weighted by Crippen LogP contribution is 2.24. The maximum absolute atomic E-state index is 12.7. The molecular formula is C19H17NO4. The minimum Gasteiger partial charge on any atom is -0.497 e. The molecule has 3 aromatic rings. The van der Waals surface area contributed by atoms with Crippen LogP contribution in [0.3, 0.4) is 0 Å². The molecule has 3 rings (SSSR count). The third-order valence-electron chi connectivity index (χ3n) is 3.84. The molecule has 1 heterocycles. The summed E-state index contributed by atoms with van der Waals surface area (Å²) < 4.78 is 10.3. The van der Waals surface area contributed by atoms with Gasteiger partial charge in [0, 0.05) is 23.2 Å². The number of methoxy groups -OCH3 is 1. The van der Waals surface area contributed by atoms with E-state index in [2.05, 4.69) is 5.32 Å². The summed E-state index contributed by atoms with van der Waals surface area (Å²) >= 11 is 0. The Bertz CT molecular complexity index is 988. The largest absolute Gasteiger partial charge is 0.497 e.